The quantitative estimate of drug-likeness (QED) is 0.169. The Morgan fingerprint density at radius 3 is 0.467 bits per heavy atom. The van der Waals surface area contributed by atoms with Crippen LogP contribution in [0.4, 0.5) is 0 Å². The summed E-state index contributed by atoms with van der Waals surface area (Å²) in [7, 11) is 0. The normalized spacial score (nSPS) is 7.00. The summed E-state index contributed by atoms with van der Waals surface area (Å²) in [5.74, 6) is 0. The molecule has 0 saturated heterocycles. The average molecular weight is 573 g/mol. The van der Waals surface area contributed by atoms with E-state index in [1.165, 1.54) is 0 Å². The Morgan fingerprint density at radius 2 is 0.467 bits per heavy atom. The molecular weight excluding hydrogens is 522 g/mol. The molecule has 0 aliphatic carbocycles. The molecule has 0 aromatic rings. The van der Waals surface area contributed by atoms with Crippen molar-refractivity contribution in [3.05, 3.63) is 0 Å². The summed E-state index contributed by atoms with van der Waals surface area (Å²) >= 11 is 0. The van der Waals surface area contributed by atoms with Crippen LogP contribution in [0.25, 0.3) is 0 Å². The van der Waals surface area contributed by atoms with E-state index in [1.807, 2.05) is 0 Å². The molecule has 0 saturated carbocycles. The number of unbranched alkanes of at least 4 members (excludes halogenated alkanes) is 5. The Kier molecular flexibility index (Phi) is 204. The summed E-state index contributed by atoms with van der Waals surface area (Å²) in [5.41, 5.74) is 0. The molecule has 0 rings (SSSR count). The number of halogens is 3. The van der Waals surface area contributed by atoms with Gasteiger partial charge in [-0.25, -0.2) is 0 Å². The second-order valence-electron chi connectivity index (χ2n) is 5.39. The topological polar surface area (TPSA) is 101 Å². The Labute approximate surface area is 236 Å². The molecule has 30 heavy (non-hydrogen) atoms. The molecule has 0 aromatic carbocycles. The first-order chi connectivity index (χ1) is 12.1. The van der Waals surface area contributed by atoms with Gasteiger partial charge in [0, 0.05) is 54.8 Å². The third-order valence-electron chi connectivity index (χ3n) is 2.56. The molecule has 0 heterocycles. The maximum absolute atomic E-state index is 8.07. The number of aliphatic hydroxyl groups is 5. The molecule has 190 valence electrons. The van der Waals surface area contributed by atoms with Crippen molar-refractivity contribution in [2.24, 2.45) is 0 Å². The fraction of sp³-hybridized carbons (Fsp3) is 1.00. The fourth-order valence-electron chi connectivity index (χ4n) is 0.791. The van der Waals surface area contributed by atoms with Crippen LogP contribution in [0.1, 0.15) is 98.8 Å². The number of hydrogen-bond acceptors (Lipinski definition) is 5. The zero-order valence-corrected chi connectivity index (χ0v) is 25.4. The van der Waals surface area contributed by atoms with E-state index in [1.54, 1.807) is 0 Å². The molecule has 0 unspecified atom stereocenters. The molecule has 10 heteroatoms. The smallest absolute Gasteiger partial charge is 1.00 e. The molecule has 0 fully saturated rings. The van der Waals surface area contributed by atoms with Gasteiger partial charge in [0.05, 0.1) is 0 Å². The Morgan fingerprint density at radius 1 is 0.367 bits per heavy atom. The number of rotatable bonds is 10. The Hall–Kier alpha value is 2.10. The van der Waals surface area contributed by atoms with Gasteiger partial charge >= 0.3 is 21.7 Å². The van der Waals surface area contributed by atoms with Gasteiger partial charge < -0.3 is 62.8 Å². The van der Waals surface area contributed by atoms with E-state index >= 15 is 0 Å². The van der Waals surface area contributed by atoms with Gasteiger partial charge in [0.25, 0.3) is 0 Å². The van der Waals surface area contributed by atoms with Gasteiger partial charge in [0.2, 0.25) is 0 Å². The van der Waals surface area contributed by atoms with Gasteiger partial charge in [-0.15, -0.1) is 0 Å². The van der Waals surface area contributed by atoms with Crippen LogP contribution >= 0.6 is 0 Å². The first kappa shape index (κ1) is 63.6. The van der Waals surface area contributed by atoms with Crippen molar-refractivity contribution in [3.8, 4) is 0 Å². The van der Waals surface area contributed by atoms with Gasteiger partial charge in [-0.1, -0.05) is 66.7 Å². The van der Waals surface area contributed by atoms with Crippen LogP contribution in [-0.2, 0) is 43.4 Å². The van der Waals surface area contributed by atoms with Crippen LogP contribution in [-0.4, -0.2) is 58.6 Å². The van der Waals surface area contributed by atoms with Crippen molar-refractivity contribution in [2.75, 3.05) is 33.0 Å². The van der Waals surface area contributed by atoms with Crippen molar-refractivity contribution < 1.29 is 106 Å². The van der Waals surface area contributed by atoms with Gasteiger partial charge in [-0.2, -0.15) is 0 Å². The Balaban J connectivity index is -0.0000000200. The maximum Gasteiger partial charge on any atom is 2.00 e. The van der Waals surface area contributed by atoms with Gasteiger partial charge in [0.15, 0.2) is 0 Å². The van der Waals surface area contributed by atoms with Crippen LogP contribution in [0.5, 0.6) is 0 Å². The minimum atomic E-state index is 0. The van der Waals surface area contributed by atoms with Crippen LogP contribution in [0, 0.1) is 0 Å². The fourth-order valence-corrected chi connectivity index (χ4v) is 0.791. The van der Waals surface area contributed by atoms with E-state index in [0.717, 1.165) is 64.2 Å². The van der Waals surface area contributed by atoms with Crippen LogP contribution < -0.4 is 37.2 Å². The largest absolute Gasteiger partial charge is 2.00 e. The van der Waals surface area contributed by atoms with E-state index in [2.05, 4.69) is 34.6 Å². The molecule has 0 spiro atoms. The minimum absolute atomic E-state index is 0. The molecule has 0 aliphatic heterocycles. The average Bonchev–Trinajstić information content (AvgIpc) is 2.61. The van der Waals surface area contributed by atoms with E-state index in [-0.39, 0.29) is 80.7 Å². The van der Waals surface area contributed by atoms with Crippen molar-refractivity contribution in [1.29, 1.82) is 0 Å². The molecule has 0 aromatic heterocycles. The standard InChI is InChI=1S/5C4H10O.3ClH.2Ti/c5*1-2-3-4-5;;;;;/h5*5H,2-4H2,1H3;3*1H;;/q;;;;;;;;;+2/p-3. The predicted octanol–water partition coefficient (Wildman–Crippen LogP) is -5.10. The van der Waals surface area contributed by atoms with E-state index in [0.29, 0.717) is 33.0 Å². The number of hydrogen-bond donors (Lipinski definition) is 5. The third kappa shape index (κ3) is 174. The minimum Gasteiger partial charge on any atom is -1.00 e. The summed E-state index contributed by atoms with van der Waals surface area (Å²) in [4.78, 5) is 0. The first-order valence-electron chi connectivity index (χ1n) is 10.1. The predicted molar refractivity (Wildman–Crippen MR) is 110 cm³/mol. The summed E-state index contributed by atoms with van der Waals surface area (Å²) in [6.07, 6.45) is 10.2. The van der Waals surface area contributed by atoms with Crippen LogP contribution in [0.15, 0.2) is 0 Å². The number of aliphatic hydroxyl groups excluding tert-OH is 5. The molecular formula is C20H50Cl3O5Ti2-. The van der Waals surface area contributed by atoms with Gasteiger partial charge in [-0.3, -0.25) is 0 Å². The van der Waals surface area contributed by atoms with E-state index in [4.69, 9.17) is 25.5 Å². The zero-order valence-electron chi connectivity index (χ0n) is 20.0. The molecule has 5 N–H and O–H groups in total. The van der Waals surface area contributed by atoms with Gasteiger partial charge in [0.1, 0.15) is 0 Å². The van der Waals surface area contributed by atoms with Crippen molar-refractivity contribution >= 4 is 0 Å². The van der Waals surface area contributed by atoms with E-state index in [9.17, 15) is 0 Å². The van der Waals surface area contributed by atoms with Crippen molar-refractivity contribution in [2.45, 2.75) is 98.8 Å². The molecule has 0 aliphatic rings. The van der Waals surface area contributed by atoms with Gasteiger partial charge in [-0.05, 0) is 32.1 Å². The summed E-state index contributed by atoms with van der Waals surface area (Å²) in [6.45, 7) is 12.0. The molecule has 0 bridgehead atoms. The zero-order chi connectivity index (χ0) is 20.6. The third-order valence-corrected chi connectivity index (χ3v) is 2.56. The second kappa shape index (κ2) is 96.4. The molecule has 5 nitrogen and oxygen atoms in total. The van der Waals surface area contributed by atoms with Crippen molar-refractivity contribution in [1.82, 2.24) is 0 Å². The molecule has 0 amide bonds. The second-order valence-corrected chi connectivity index (χ2v) is 5.39. The van der Waals surface area contributed by atoms with Crippen LogP contribution in [0.2, 0.25) is 0 Å². The summed E-state index contributed by atoms with van der Waals surface area (Å²) < 4.78 is 0. The summed E-state index contributed by atoms with van der Waals surface area (Å²) in [6, 6.07) is 0. The first-order valence-corrected chi connectivity index (χ1v) is 10.1. The van der Waals surface area contributed by atoms with Crippen LogP contribution in [0.3, 0.4) is 0 Å². The Bertz CT molecular complexity index is 115. The molecule has 0 radical (unpaired) electrons. The molecule has 0 atom stereocenters. The monoisotopic (exact) mass is 571 g/mol. The van der Waals surface area contributed by atoms with Crippen molar-refractivity contribution in [3.63, 3.8) is 0 Å². The van der Waals surface area contributed by atoms with E-state index < -0.39 is 0 Å². The maximum atomic E-state index is 8.07. The summed E-state index contributed by atoms with van der Waals surface area (Å²) in [5, 5.41) is 40.3. The SMILES string of the molecule is CCCCO.CCCCO.CCCCO.CCCCO.CCCCO.[Cl-].[Cl-].[Cl-].[Ti+2].[Ti].